The molecule has 2 saturated heterocycles. The van der Waals surface area contributed by atoms with E-state index in [9.17, 15) is 9.59 Å². The van der Waals surface area contributed by atoms with Crippen LogP contribution in [0.4, 0.5) is 0 Å². The molecule has 1 aromatic rings. The lowest BCUT2D eigenvalue weighted by atomic mass is 10.1. The summed E-state index contributed by atoms with van der Waals surface area (Å²) in [5.74, 6) is 2.13. The molecule has 2 atom stereocenters. The molecule has 5 nitrogen and oxygen atoms in total. The molecule has 142 valence electrons. The van der Waals surface area contributed by atoms with Crippen LogP contribution in [-0.2, 0) is 9.53 Å². The molecule has 0 radical (unpaired) electrons. The maximum Gasteiger partial charge on any atom is 0.251 e. The smallest absolute Gasteiger partial charge is 0.251 e. The third kappa shape index (κ3) is 5.01. The van der Waals surface area contributed by atoms with E-state index in [0.29, 0.717) is 31.1 Å². The van der Waals surface area contributed by atoms with Gasteiger partial charge in [-0.1, -0.05) is 18.2 Å². The van der Waals surface area contributed by atoms with Crippen LogP contribution in [0.25, 0.3) is 0 Å². The molecular formula is C20H28N2O3S. The Morgan fingerprint density at radius 2 is 2.15 bits per heavy atom. The second-order valence-corrected chi connectivity index (χ2v) is 8.17. The molecule has 0 unspecified atom stereocenters. The highest BCUT2D eigenvalue weighted by atomic mass is 32.2. The summed E-state index contributed by atoms with van der Waals surface area (Å²) in [4.78, 5) is 27.1. The summed E-state index contributed by atoms with van der Waals surface area (Å²) in [7, 11) is 0. The average molecular weight is 377 g/mol. The van der Waals surface area contributed by atoms with Gasteiger partial charge in [0.05, 0.1) is 6.10 Å². The first-order chi connectivity index (χ1) is 12.6. The lowest BCUT2D eigenvalue weighted by Gasteiger charge is -2.31. The lowest BCUT2D eigenvalue weighted by Crippen LogP contribution is -2.45. The van der Waals surface area contributed by atoms with Crippen LogP contribution < -0.4 is 5.32 Å². The van der Waals surface area contributed by atoms with Crippen molar-refractivity contribution in [2.24, 2.45) is 0 Å². The van der Waals surface area contributed by atoms with Crippen LogP contribution in [0, 0.1) is 6.92 Å². The summed E-state index contributed by atoms with van der Waals surface area (Å²) in [5.41, 5.74) is 1.61. The first-order valence-corrected chi connectivity index (χ1v) is 10.6. The highest BCUT2D eigenvalue weighted by Crippen LogP contribution is 2.25. The largest absolute Gasteiger partial charge is 0.376 e. The Kier molecular flexibility index (Phi) is 6.97. The number of ether oxygens (including phenoxy) is 1. The van der Waals surface area contributed by atoms with Crippen molar-refractivity contribution in [3.8, 4) is 0 Å². The molecule has 0 bridgehead atoms. The number of hydrogen-bond acceptors (Lipinski definition) is 4. The van der Waals surface area contributed by atoms with Crippen molar-refractivity contribution in [1.29, 1.82) is 0 Å². The Morgan fingerprint density at radius 1 is 1.31 bits per heavy atom. The van der Waals surface area contributed by atoms with Gasteiger partial charge in [-0.25, -0.2) is 0 Å². The highest BCUT2D eigenvalue weighted by Gasteiger charge is 2.30. The Labute approximate surface area is 159 Å². The number of nitrogens with one attached hydrogen (secondary N) is 1. The molecule has 0 spiro atoms. The molecule has 0 aliphatic carbocycles. The fraction of sp³-hybridized carbons (Fsp3) is 0.600. The van der Waals surface area contributed by atoms with Gasteiger partial charge in [0.25, 0.3) is 5.91 Å². The zero-order valence-corrected chi connectivity index (χ0v) is 16.2. The van der Waals surface area contributed by atoms with Crippen LogP contribution in [0.1, 0.15) is 41.6 Å². The molecule has 6 heteroatoms. The Hall–Kier alpha value is -1.53. The van der Waals surface area contributed by atoms with Crippen LogP contribution in [0.3, 0.4) is 0 Å². The first kappa shape index (κ1) is 19.2. The van der Waals surface area contributed by atoms with Gasteiger partial charge in [-0.2, -0.15) is 11.8 Å². The predicted octanol–water partition coefficient (Wildman–Crippen LogP) is 2.63. The summed E-state index contributed by atoms with van der Waals surface area (Å²) in [6.45, 7) is 3.78. The molecule has 2 aliphatic rings. The van der Waals surface area contributed by atoms with Crippen LogP contribution in [-0.4, -0.2) is 60.1 Å². The molecule has 0 aromatic heterocycles. The van der Waals surface area contributed by atoms with E-state index in [1.807, 2.05) is 47.9 Å². The average Bonchev–Trinajstić information content (AvgIpc) is 3.33. The molecule has 1 aromatic carbocycles. The van der Waals surface area contributed by atoms with Gasteiger partial charge in [-0.15, -0.1) is 0 Å². The van der Waals surface area contributed by atoms with Gasteiger partial charge in [0.2, 0.25) is 5.91 Å². The van der Waals surface area contributed by atoms with Gasteiger partial charge >= 0.3 is 0 Å². The zero-order valence-electron chi connectivity index (χ0n) is 15.4. The van der Waals surface area contributed by atoms with E-state index >= 15 is 0 Å². The van der Waals surface area contributed by atoms with Gasteiger partial charge in [-0.05, 0) is 43.6 Å². The number of nitrogens with zero attached hydrogens (tertiary/aromatic N) is 1. The van der Waals surface area contributed by atoms with Crippen molar-refractivity contribution in [3.63, 3.8) is 0 Å². The number of benzene rings is 1. The molecular weight excluding hydrogens is 348 g/mol. The fourth-order valence-electron chi connectivity index (χ4n) is 3.58. The van der Waals surface area contributed by atoms with Gasteiger partial charge in [0.15, 0.2) is 0 Å². The fourth-order valence-corrected chi connectivity index (χ4v) is 4.80. The minimum Gasteiger partial charge on any atom is -0.376 e. The lowest BCUT2D eigenvalue weighted by molar-refractivity contribution is -0.134. The second-order valence-electron chi connectivity index (χ2n) is 7.02. The van der Waals surface area contributed by atoms with Gasteiger partial charge < -0.3 is 15.0 Å². The third-order valence-corrected chi connectivity index (χ3v) is 6.25. The highest BCUT2D eigenvalue weighted by molar-refractivity contribution is 7.99. The van der Waals surface area contributed by atoms with Crippen molar-refractivity contribution in [2.45, 2.75) is 44.8 Å². The van der Waals surface area contributed by atoms with E-state index in [1.54, 1.807) is 0 Å². The van der Waals surface area contributed by atoms with E-state index < -0.39 is 0 Å². The van der Waals surface area contributed by atoms with Crippen LogP contribution in [0.15, 0.2) is 24.3 Å². The van der Waals surface area contributed by atoms with E-state index in [4.69, 9.17) is 4.74 Å². The number of carbonyl (C=O) groups excluding carboxylic acids is 2. The molecule has 2 fully saturated rings. The Morgan fingerprint density at radius 3 is 2.85 bits per heavy atom. The molecule has 26 heavy (non-hydrogen) atoms. The quantitative estimate of drug-likeness (QED) is 0.795. The number of rotatable bonds is 7. The summed E-state index contributed by atoms with van der Waals surface area (Å²) in [6.07, 6.45) is 3.68. The number of aryl methyl sites for hydroxylation is 1. The topological polar surface area (TPSA) is 58.6 Å². The Balaban J connectivity index is 1.52. The third-order valence-electron chi connectivity index (χ3n) is 5.11. The Bertz CT molecular complexity index is 625. The van der Waals surface area contributed by atoms with Crippen LogP contribution in [0.5, 0.6) is 0 Å². The summed E-state index contributed by atoms with van der Waals surface area (Å²) in [6, 6.07) is 7.81. The number of amides is 2. The monoisotopic (exact) mass is 376 g/mol. The van der Waals surface area contributed by atoms with E-state index in [0.717, 1.165) is 42.9 Å². The van der Waals surface area contributed by atoms with Gasteiger partial charge in [0.1, 0.15) is 0 Å². The molecule has 2 aliphatic heterocycles. The second kappa shape index (κ2) is 9.42. The van der Waals surface area contributed by atoms with Gasteiger partial charge in [-0.3, -0.25) is 9.59 Å². The summed E-state index contributed by atoms with van der Waals surface area (Å²) in [5, 5.41) is 2.89. The maximum absolute atomic E-state index is 12.8. The molecule has 3 rings (SSSR count). The van der Waals surface area contributed by atoms with Crippen molar-refractivity contribution in [1.82, 2.24) is 10.2 Å². The molecule has 0 saturated carbocycles. The normalized spacial score (nSPS) is 22.3. The van der Waals surface area contributed by atoms with Crippen molar-refractivity contribution >= 4 is 23.6 Å². The minimum absolute atomic E-state index is 0.113. The van der Waals surface area contributed by atoms with E-state index in [2.05, 4.69) is 5.32 Å². The molecule has 1 N–H and O–H groups in total. The molecule has 2 amide bonds. The minimum atomic E-state index is -0.113. The van der Waals surface area contributed by atoms with E-state index in [1.165, 1.54) is 0 Å². The number of thioether (sulfide) groups is 1. The maximum atomic E-state index is 12.8. The first-order valence-electron chi connectivity index (χ1n) is 9.48. The summed E-state index contributed by atoms with van der Waals surface area (Å²) >= 11 is 1.91. The summed E-state index contributed by atoms with van der Waals surface area (Å²) < 4.78 is 5.74. The molecule has 2 heterocycles. The SMILES string of the molecule is Cc1ccccc1C(=O)NCCC(=O)N(C[C@@H]1CCCO1)[C@H]1CCSC1. The van der Waals surface area contributed by atoms with Crippen molar-refractivity contribution in [3.05, 3.63) is 35.4 Å². The van der Waals surface area contributed by atoms with Crippen LogP contribution >= 0.6 is 11.8 Å². The van der Waals surface area contributed by atoms with Gasteiger partial charge in [0, 0.05) is 43.5 Å². The van der Waals surface area contributed by atoms with Crippen molar-refractivity contribution < 1.29 is 14.3 Å². The number of hydrogen-bond donors (Lipinski definition) is 1. The number of carbonyl (C=O) groups is 2. The van der Waals surface area contributed by atoms with Crippen LogP contribution in [0.2, 0.25) is 0 Å². The zero-order chi connectivity index (χ0) is 18.4. The standard InChI is InChI=1S/C20H28N2O3S/c1-15-5-2-3-7-18(15)20(24)21-10-8-19(23)22(16-9-12-26-14-16)13-17-6-4-11-25-17/h2-3,5,7,16-17H,4,6,8-14H2,1H3,(H,21,24)/t16-,17-/m0/s1. The van der Waals surface area contributed by atoms with Crippen molar-refractivity contribution in [2.75, 3.05) is 31.2 Å². The van der Waals surface area contributed by atoms with E-state index in [-0.39, 0.29) is 17.9 Å². The predicted molar refractivity (Wildman–Crippen MR) is 105 cm³/mol.